The van der Waals surface area contributed by atoms with Gasteiger partial charge in [-0.3, -0.25) is 9.80 Å². The number of hydrogen-bond acceptors (Lipinski definition) is 3. The van der Waals surface area contributed by atoms with Gasteiger partial charge in [0.15, 0.2) is 0 Å². The van der Waals surface area contributed by atoms with E-state index in [4.69, 9.17) is 0 Å². The van der Waals surface area contributed by atoms with Gasteiger partial charge in [0.2, 0.25) is 0 Å². The topological polar surface area (TPSA) is 26.7 Å². The smallest absolute Gasteiger partial charge is 0.0746 e. The Morgan fingerprint density at radius 3 is 2.58 bits per heavy atom. The van der Waals surface area contributed by atoms with Crippen LogP contribution in [0.1, 0.15) is 52.9 Å². The van der Waals surface area contributed by atoms with Crippen LogP contribution < -0.4 is 0 Å². The van der Waals surface area contributed by atoms with Gasteiger partial charge in [-0.2, -0.15) is 0 Å². The monoisotopic (exact) mass is 266 g/mol. The van der Waals surface area contributed by atoms with Crippen LogP contribution in [0.4, 0.5) is 0 Å². The molecule has 0 amide bonds. The summed E-state index contributed by atoms with van der Waals surface area (Å²) in [5, 5.41) is 10.6. The van der Waals surface area contributed by atoms with Crippen molar-refractivity contribution in [1.82, 2.24) is 9.80 Å². The van der Waals surface area contributed by atoms with Crippen LogP contribution in [-0.2, 0) is 0 Å². The first-order chi connectivity index (χ1) is 8.99. The van der Waals surface area contributed by atoms with Crippen LogP contribution >= 0.6 is 0 Å². The maximum Gasteiger partial charge on any atom is 0.0746 e. The highest BCUT2D eigenvalue weighted by Gasteiger charge is 2.46. The summed E-state index contributed by atoms with van der Waals surface area (Å²) in [6.07, 6.45) is 6.31. The highest BCUT2D eigenvalue weighted by atomic mass is 16.3. The number of aliphatic hydroxyl groups excluding tert-OH is 1. The van der Waals surface area contributed by atoms with E-state index < -0.39 is 0 Å². The second-order valence-corrected chi connectivity index (χ2v) is 7.73. The summed E-state index contributed by atoms with van der Waals surface area (Å²) < 4.78 is 0. The minimum Gasteiger partial charge on any atom is -0.391 e. The summed E-state index contributed by atoms with van der Waals surface area (Å²) in [4.78, 5) is 5.32. The van der Waals surface area contributed by atoms with Crippen LogP contribution in [0.15, 0.2) is 0 Å². The van der Waals surface area contributed by atoms with Crippen LogP contribution in [0.25, 0.3) is 0 Å². The van der Waals surface area contributed by atoms with Crippen LogP contribution in [0.2, 0.25) is 0 Å². The SMILES string of the molecule is CC1CN2CCCCC2CN1C1CCC(C)(C)C1O. The number of aliphatic hydroxyl groups is 1. The average molecular weight is 266 g/mol. The Morgan fingerprint density at radius 2 is 1.89 bits per heavy atom. The summed E-state index contributed by atoms with van der Waals surface area (Å²) in [6.45, 7) is 10.5. The van der Waals surface area contributed by atoms with Gasteiger partial charge in [0.05, 0.1) is 6.10 Å². The maximum atomic E-state index is 10.6. The summed E-state index contributed by atoms with van der Waals surface area (Å²) in [7, 11) is 0. The predicted molar refractivity (Wildman–Crippen MR) is 78.2 cm³/mol. The Labute approximate surface area is 118 Å². The fourth-order valence-electron chi connectivity index (χ4n) is 4.53. The van der Waals surface area contributed by atoms with E-state index in [9.17, 15) is 5.11 Å². The molecule has 2 heterocycles. The molecule has 3 fully saturated rings. The third-order valence-electron chi connectivity index (χ3n) is 5.91. The molecule has 0 bridgehead atoms. The number of hydrogen-bond donors (Lipinski definition) is 1. The highest BCUT2D eigenvalue weighted by Crippen LogP contribution is 2.41. The Balaban J connectivity index is 1.71. The van der Waals surface area contributed by atoms with Gasteiger partial charge in [-0.05, 0) is 44.6 Å². The number of nitrogens with zero attached hydrogens (tertiary/aromatic N) is 2. The van der Waals surface area contributed by atoms with Gasteiger partial charge in [-0.25, -0.2) is 0 Å². The maximum absolute atomic E-state index is 10.6. The Hall–Kier alpha value is -0.120. The number of piperazine rings is 1. The molecule has 2 aliphatic heterocycles. The number of piperidine rings is 1. The van der Waals surface area contributed by atoms with Crippen molar-refractivity contribution in [2.75, 3.05) is 19.6 Å². The summed E-state index contributed by atoms with van der Waals surface area (Å²) >= 11 is 0. The molecule has 3 heteroatoms. The summed E-state index contributed by atoms with van der Waals surface area (Å²) in [5.41, 5.74) is 0.105. The van der Waals surface area contributed by atoms with Crippen molar-refractivity contribution in [2.45, 2.75) is 77.1 Å². The second kappa shape index (κ2) is 5.01. The molecule has 4 unspecified atom stereocenters. The van der Waals surface area contributed by atoms with Crippen molar-refractivity contribution in [3.63, 3.8) is 0 Å². The molecule has 3 rings (SSSR count). The molecular weight excluding hydrogens is 236 g/mol. The Morgan fingerprint density at radius 1 is 1.11 bits per heavy atom. The van der Waals surface area contributed by atoms with Gasteiger partial charge >= 0.3 is 0 Å². The largest absolute Gasteiger partial charge is 0.391 e. The molecule has 110 valence electrons. The lowest BCUT2D eigenvalue weighted by atomic mass is 9.88. The van der Waals surface area contributed by atoms with Crippen LogP contribution in [0.3, 0.4) is 0 Å². The quantitative estimate of drug-likeness (QED) is 0.787. The summed E-state index contributed by atoms with van der Waals surface area (Å²) in [6, 6.07) is 1.75. The zero-order chi connectivity index (χ0) is 13.6. The lowest BCUT2D eigenvalue weighted by Gasteiger charge is -2.50. The van der Waals surface area contributed by atoms with Gasteiger partial charge in [-0.1, -0.05) is 20.3 Å². The first-order valence-electron chi connectivity index (χ1n) is 8.17. The van der Waals surface area contributed by atoms with Gasteiger partial charge in [0, 0.05) is 31.2 Å². The highest BCUT2D eigenvalue weighted by molar-refractivity contribution is 5.01. The normalized spacial score (nSPS) is 44.2. The molecule has 0 aromatic rings. The van der Waals surface area contributed by atoms with Gasteiger partial charge in [0.1, 0.15) is 0 Å². The van der Waals surface area contributed by atoms with E-state index in [0.717, 1.165) is 12.5 Å². The first kappa shape index (κ1) is 13.8. The van der Waals surface area contributed by atoms with Crippen molar-refractivity contribution < 1.29 is 5.11 Å². The minimum atomic E-state index is -0.148. The second-order valence-electron chi connectivity index (χ2n) is 7.73. The van der Waals surface area contributed by atoms with Crippen LogP contribution in [0.5, 0.6) is 0 Å². The first-order valence-corrected chi connectivity index (χ1v) is 8.17. The molecule has 4 atom stereocenters. The fraction of sp³-hybridized carbons (Fsp3) is 1.00. The molecule has 1 aliphatic carbocycles. The van der Waals surface area contributed by atoms with Gasteiger partial charge < -0.3 is 5.11 Å². The fourth-order valence-corrected chi connectivity index (χ4v) is 4.53. The third-order valence-corrected chi connectivity index (χ3v) is 5.91. The van der Waals surface area contributed by atoms with Crippen molar-refractivity contribution in [3.8, 4) is 0 Å². The van der Waals surface area contributed by atoms with E-state index in [-0.39, 0.29) is 11.5 Å². The Kier molecular flexibility index (Phi) is 3.65. The zero-order valence-electron chi connectivity index (χ0n) is 12.8. The molecule has 3 nitrogen and oxygen atoms in total. The van der Waals surface area contributed by atoms with Crippen molar-refractivity contribution in [2.24, 2.45) is 5.41 Å². The van der Waals surface area contributed by atoms with E-state index in [2.05, 4.69) is 30.6 Å². The van der Waals surface area contributed by atoms with Gasteiger partial charge in [-0.15, -0.1) is 0 Å². The average Bonchev–Trinajstić information content (AvgIpc) is 2.64. The lowest BCUT2D eigenvalue weighted by molar-refractivity contribution is -0.0505. The van der Waals surface area contributed by atoms with Gasteiger partial charge in [0.25, 0.3) is 0 Å². The standard InChI is InChI=1S/C16H30N2O/c1-12-10-17-9-5-4-6-13(17)11-18(12)14-7-8-16(2,3)15(14)19/h12-15,19H,4-11H2,1-3H3. The van der Waals surface area contributed by atoms with Crippen LogP contribution in [0, 0.1) is 5.41 Å². The molecule has 0 aromatic heterocycles. The molecule has 3 aliphatic rings. The number of fused-ring (bicyclic) bond motifs is 1. The molecule has 19 heavy (non-hydrogen) atoms. The van der Waals surface area contributed by atoms with E-state index >= 15 is 0 Å². The van der Waals surface area contributed by atoms with Crippen molar-refractivity contribution >= 4 is 0 Å². The predicted octanol–water partition coefficient (Wildman–Crippen LogP) is 2.09. The van der Waals surface area contributed by atoms with E-state index in [1.165, 1.54) is 45.3 Å². The van der Waals surface area contributed by atoms with E-state index in [1.807, 2.05) is 0 Å². The third kappa shape index (κ3) is 2.45. The van der Waals surface area contributed by atoms with E-state index in [1.54, 1.807) is 0 Å². The Bertz CT molecular complexity index is 331. The molecule has 0 aromatic carbocycles. The van der Waals surface area contributed by atoms with E-state index in [0.29, 0.717) is 12.1 Å². The molecule has 2 saturated heterocycles. The van der Waals surface area contributed by atoms with Crippen LogP contribution in [-0.4, -0.2) is 58.8 Å². The lowest BCUT2D eigenvalue weighted by Crippen LogP contribution is -2.62. The van der Waals surface area contributed by atoms with Crippen molar-refractivity contribution in [3.05, 3.63) is 0 Å². The molecule has 0 spiro atoms. The molecule has 1 saturated carbocycles. The molecule has 1 N–H and O–H groups in total. The zero-order valence-corrected chi connectivity index (χ0v) is 12.8. The molecule has 0 radical (unpaired) electrons. The number of rotatable bonds is 1. The molecular formula is C16H30N2O. The summed E-state index contributed by atoms with van der Waals surface area (Å²) in [5.74, 6) is 0. The van der Waals surface area contributed by atoms with Crippen molar-refractivity contribution in [1.29, 1.82) is 0 Å². The minimum absolute atomic E-state index is 0.105.